The van der Waals surface area contributed by atoms with Crippen LogP contribution in [0.4, 0.5) is 0 Å². The molecule has 0 spiro atoms. The van der Waals surface area contributed by atoms with Gasteiger partial charge in [-0.25, -0.2) is 0 Å². The normalized spacial score (nSPS) is 11.9. The topological polar surface area (TPSA) is 26.3 Å². The Labute approximate surface area is 131 Å². The molecule has 0 atom stereocenters. The Hall–Kier alpha value is -1.31. The Morgan fingerprint density at radius 3 is 2.00 bits per heavy atom. The SMILES string of the molecule is CCCC/C=C/C=C\C=C\CCCCCCCC(=O)OC. The minimum absolute atomic E-state index is 0.0894. The van der Waals surface area contributed by atoms with Crippen LogP contribution in [0.3, 0.4) is 0 Å². The molecule has 0 heterocycles. The van der Waals surface area contributed by atoms with E-state index in [1.807, 2.05) is 0 Å². The Kier molecular flexibility index (Phi) is 15.7. The van der Waals surface area contributed by atoms with Gasteiger partial charge in [0.25, 0.3) is 0 Å². The average molecular weight is 292 g/mol. The van der Waals surface area contributed by atoms with Crippen LogP contribution < -0.4 is 0 Å². The molecule has 0 aliphatic rings. The molecule has 0 fully saturated rings. The number of esters is 1. The molecule has 0 radical (unpaired) electrons. The van der Waals surface area contributed by atoms with E-state index < -0.39 is 0 Å². The summed E-state index contributed by atoms with van der Waals surface area (Å²) in [6, 6.07) is 0. The lowest BCUT2D eigenvalue weighted by atomic mass is 10.1. The van der Waals surface area contributed by atoms with Crippen LogP contribution in [0.25, 0.3) is 0 Å². The molecular formula is C19H32O2. The number of rotatable bonds is 13. The fraction of sp³-hybridized carbons (Fsp3) is 0.632. The number of hydrogen-bond acceptors (Lipinski definition) is 2. The molecule has 0 N–H and O–H groups in total. The van der Waals surface area contributed by atoms with E-state index in [2.05, 4.69) is 48.1 Å². The highest BCUT2D eigenvalue weighted by Crippen LogP contribution is 2.08. The molecule has 0 aromatic heterocycles. The van der Waals surface area contributed by atoms with Gasteiger partial charge in [0.2, 0.25) is 0 Å². The van der Waals surface area contributed by atoms with Crippen molar-refractivity contribution in [3.05, 3.63) is 36.5 Å². The van der Waals surface area contributed by atoms with Gasteiger partial charge in [-0.1, -0.05) is 75.5 Å². The second kappa shape index (κ2) is 16.7. The minimum Gasteiger partial charge on any atom is -0.469 e. The van der Waals surface area contributed by atoms with E-state index in [1.54, 1.807) is 0 Å². The van der Waals surface area contributed by atoms with Gasteiger partial charge in [-0.05, 0) is 25.7 Å². The van der Waals surface area contributed by atoms with E-state index in [0.29, 0.717) is 6.42 Å². The zero-order valence-corrected chi connectivity index (χ0v) is 13.9. The standard InChI is InChI=1S/C19H32O2/c1-3-4-5-6-7-8-9-10-11-12-13-14-15-16-17-18-19(20)21-2/h6-11H,3-5,12-18H2,1-2H3/b7-6+,9-8-,11-10+. The second-order valence-electron chi connectivity index (χ2n) is 5.27. The van der Waals surface area contributed by atoms with Crippen molar-refractivity contribution in [1.29, 1.82) is 0 Å². The molecular weight excluding hydrogens is 260 g/mol. The number of unbranched alkanes of at least 4 members (excludes halogenated alkanes) is 7. The fourth-order valence-electron chi connectivity index (χ4n) is 1.96. The summed E-state index contributed by atoms with van der Waals surface area (Å²) in [5.74, 6) is -0.0894. The summed E-state index contributed by atoms with van der Waals surface area (Å²) < 4.78 is 4.61. The first-order valence-corrected chi connectivity index (χ1v) is 8.36. The number of methoxy groups -OCH3 is 1. The Morgan fingerprint density at radius 2 is 1.38 bits per heavy atom. The zero-order chi connectivity index (χ0) is 15.6. The van der Waals surface area contributed by atoms with Gasteiger partial charge in [0.15, 0.2) is 0 Å². The summed E-state index contributed by atoms with van der Waals surface area (Å²) in [6.45, 7) is 2.21. The summed E-state index contributed by atoms with van der Waals surface area (Å²) in [5, 5.41) is 0. The van der Waals surface area contributed by atoms with E-state index in [4.69, 9.17) is 0 Å². The molecule has 2 heteroatoms. The molecule has 0 aromatic rings. The average Bonchev–Trinajstić information content (AvgIpc) is 2.50. The van der Waals surface area contributed by atoms with Crippen LogP contribution in [-0.2, 0) is 9.53 Å². The van der Waals surface area contributed by atoms with E-state index in [1.165, 1.54) is 45.6 Å². The monoisotopic (exact) mass is 292 g/mol. The second-order valence-corrected chi connectivity index (χ2v) is 5.27. The van der Waals surface area contributed by atoms with E-state index >= 15 is 0 Å². The van der Waals surface area contributed by atoms with Crippen molar-refractivity contribution in [2.24, 2.45) is 0 Å². The van der Waals surface area contributed by atoms with Crippen LogP contribution in [0, 0.1) is 0 Å². The third kappa shape index (κ3) is 16.6. The lowest BCUT2D eigenvalue weighted by Crippen LogP contribution is -1.98. The van der Waals surface area contributed by atoms with Crippen molar-refractivity contribution in [1.82, 2.24) is 0 Å². The molecule has 0 amide bonds. The molecule has 0 bridgehead atoms. The van der Waals surface area contributed by atoms with Crippen molar-refractivity contribution in [3.63, 3.8) is 0 Å². The van der Waals surface area contributed by atoms with Gasteiger partial charge in [0, 0.05) is 6.42 Å². The van der Waals surface area contributed by atoms with Crippen LogP contribution in [0.2, 0.25) is 0 Å². The Bertz CT molecular complexity index is 314. The van der Waals surface area contributed by atoms with Crippen LogP contribution in [0.5, 0.6) is 0 Å². The minimum atomic E-state index is -0.0894. The predicted octanol–water partition coefficient (Wildman–Crippen LogP) is 5.75. The number of hydrogen-bond donors (Lipinski definition) is 0. The van der Waals surface area contributed by atoms with E-state index in [9.17, 15) is 4.79 Å². The maximum absolute atomic E-state index is 10.9. The lowest BCUT2D eigenvalue weighted by molar-refractivity contribution is -0.140. The fourth-order valence-corrected chi connectivity index (χ4v) is 1.96. The van der Waals surface area contributed by atoms with Gasteiger partial charge in [-0.15, -0.1) is 0 Å². The summed E-state index contributed by atoms with van der Waals surface area (Å²) in [4.78, 5) is 10.9. The quantitative estimate of drug-likeness (QED) is 0.245. The summed E-state index contributed by atoms with van der Waals surface area (Å²) in [5.41, 5.74) is 0. The smallest absolute Gasteiger partial charge is 0.305 e. The van der Waals surface area contributed by atoms with Crippen molar-refractivity contribution in [2.75, 3.05) is 7.11 Å². The summed E-state index contributed by atoms with van der Waals surface area (Å²) >= 11 is 0. The largest absolute Gasteiger partial charge is 0.469 e. The van der Waals surface area contributed by atoms with Crippen molar-refractivity contribution < 1.29 is 9.53 Å². The first-order valence-electron chi connectivity index (χ1n) is 8.36. The van der Waals surface area contributed by atoms with Crippen molar-refractivity contribution in [3.8, 4) is 0 Å². The predicted molar refractivity (Wildman–Crippen MR) is 91.3 cm³/mol. The Morgan fingerprint density at radius 1 is 0.810 bits per heavy atom. The highest BCUT2D eigenvalue weighted by Gasteiger charge is 1.98. The van der Waals surface area contributed by atoms with Gasteiger partial charge in [0.1, 0.15) is 0 Å². The zero-order valence-electron chi connectivity index (χ0n) is 13.9. The molecule has 0 aliphatic heterocycles. The maximum Gasteiger partial charge on any atom is 0.305 e. The molecule has 0 aliphatic carbocycles. The van der Waals surface area contributed by atoms with Gasteiger partial charge in [0.05, 0.1) is 7.11 Å². The van der Waals surface area contributed by atoms with Crippen LogP contribution in [0.15, 0.2) is 36.5 Å². The first kappa shape index (κ1) is 19.7. The molecule has 0 aromatic carbocycles. The van der Waals surface area contributed by atoms with Crippen LogP contribution in [-0.4, -0.2) is 13.1 Å². The van der Waals surface area contributed by atoms with Gasteiger partial charge in [-0.2, -0.15) is 0 Å². The van der Waals surface area contributed by atoms with Gasteiger partial charge >= 0.3 is 5.97 Å². The molecule has 21 heavy (non-hydrogen) atoms. The third-order valence-corrected chi connectivity index (χ3v) is 3.31. The van der Waals surface area contributed by atoms with Crippen LogP contribution in [0.1, 0.15) is 71.1 Å². The van der Waals surface area contributed by atoms with Crippen molar-refractivity contribution >= 4 is 5.97 Å². The van der Waals surface area contributed by atoms with Gasteiger partial charge < -0.3 is 4.74 Å². The maximum atomic E-state index is 10.9. The molecule has 0 saturated carbocycles. The molecule has 0 saturated heterocycles. The summed E-state index contributed by atoms with van der Waals surface area (Å²) in [6.07, 6.45) is 24.1. The number of carbonyl (C=O) groups is 1. The molecule has 0 rings (SSSR count). The number of allylic oxidation sites excluding steroid dienone is 6. The Balaban J connectivity index is 3.30. The first-order chi connectivity index (χ1) is 10.3. The molecule has 0 unspecified atom stereocenters. The third-order valence-electron chi connectivity index (χ3n) is 3.31. The van der Waals surface area contributed by atoms with E-state index in [0.717, 1.165) is 19.3 Å². The lowest BCUT2D eigenvalue weighted by Gasteiger charge is -1.99. The highest BCUT2D eigenvalue weighted by molar-refractivity contribution is 5.68. The highest BCUT2D eigenvalue weighted by atomic mass is 16.5. The number of carbonyl (C=O) groups excluding carboxylic acids is 1. The summed E-state index contributed by atoms with van der Waals surface area (Å²) in [7, 11) is 1.45. The molecule has 120 valence electrons. The number of ether oxygens (including phenoxy) is 1. The van der Waals surface area contributed by atoms with Gasteiger partial charge in [-0.3, -0.25) is 4.79 Å². The molecule has 2 nitrogen and oxygen atoms in total. The van der Waals surface area contributed by atoms with Crippen molar-refractivity contribution in [2.45, 2.75) is 71.1 Å². The van der Waals surface area contributed by atoms with Crippen LogP contribution >= 0.6 is 0 Å². The van der Waals surface area contributed by atoms with E-state index in [-0.39, 0.29) is 5.97 Å².